The summed E-state index contributed by atoms with van der Waals surface area (Å²) in [6.07, 6.45) is 1.22. The number of carbonyl (C=O) groups is 1. The lowest BCUT2D eigenvalue weighted by atomic mass is 10.0. The molecule has 0 saturated carbocycles. The van der Waals surface area contributed by atoms with Crippen LogP contribution in [0.1, 0.15) is 40.9 Å². The maximum absolute atomic E-state index is 12.1. The average molecular weight is 439 g/mol. The maximum Gasteiger partial charge on any atom is 0.193 e. The van der Waals surface area contributed by atoms with Gasteiger partial charge in [0.15, 0.2) is 5.78 Å². The largest absolute Gasteiger partial charge is 0.491 e. The van der Waals surface area contributed by atoms with E-state index in [9.17, 15) is 4.79 Å². The molecule has 1 heterocycles. The lowest BCUT2D eigenvalue weighted by Gasteiger charge is -2.17. The zero-order valence-corrected chi connectivity index (χ0v) is 19.1. The van der Waals surface area contributed by atoms with Crippen molar-refractivity contribution in [1.82, 2.24) is 0 Å². The van der Waals surface area contributed by atoms with Crippen molar-refractivity contribution in [2.45, 2.75) is 36.2 Å². The molecule has 0 N–H and O–H groups in total. The van der Waals surface area contributed by atoms with Crippen LogP contribution in [-0.4, -0.2) is 11.9 Å². The summed E-state index contributed by atoms with van der Waals surface area (Å²) >= 11 is 1.88. The third kappa shape index (κ3) is 5.49. The third-order valence-corrected chi connectivity index (χ3v) is 6.31. The van der Waals surface area contributed by atoms with E-state index in [-0.39, 0.29) is 11.9 Å². The molecule has 1 aliphatic rings. The number of ether oxygens (including phenoxy) is 1. The number of rotatable bonds is 4. The Kier molecular flexibility index (Phi) is 7.08. The Morgan fingerprint density at radius 1 is 0.688 bits per heavy atom. The van der Waals surface area contributed by atoms with Crippen molar-refractivity contribution in [1.29, 1.82) is 0 Å². The number of benzene rings is 4. The fraction of sp³-hybridized carbons (Fsp3) is 0.138. The van der Waals surface area contributed by atoms with Gasteiger partial charge in [-0.15, -0.1) is 0 Å². The molecular weight excluding hydrogens is 412 g/mol. The van der Waals surface area contributed by atoms with Crippen LogP contribution >= 0.6 is 11.8 Å². The first-order chi connectivity index (χ1) is 15.6. The lowest BCUT2D eigenvalue weighted by molar-refractivity contribution is 0.103. The van der Waals surface area contributed by atoms with Crippen molar-refractivity contribution in [3.8, 4) is 5.75 Å². The van der Waals surface area contributed by atoms with Gasteiger partial charge >= 0.3 is 0 Å². The molecule has 0 spiro atoms. The van der Waals surface area contributed by atoms with Crippen LogP contribution in [0.2, 0.25) is 0 Å². The van der Waals surface area contributed by atoms with E-state index in [1.807, 2.05) is 68.1 Å². The summed E-state index contributed by atoms with van der Waals surface area (Å²) in [5.41, 5.74) is 4.29. The molecule has 0 unspecified atom stereocenters. The van der Waals surface area contributed by atoms with E-state index in [0.717, 1.165) is 12.2 Å². The summed E-state index contributed by atoms with van der Waals surface area (Å²) in [4.78, 5) is 15.0. The molecule has 2 nitrogen and oxygen atoms in total. The summed E-state index contributed by atoms with van der Waals surface area (Å²) in [5.74, 6) is 0.821. The molecule has 32 heavy (non-hydrogen) atoms. The fourth-order valence-corrected chi connectivity index (χ4v) is 4.61. The van der Waals surface area contributed by atoms with Crippen molar-refractivity contribution in [2.75, 3.05) is 0 Å². The quantitative estimate of drug-likeness (QED) is 0.273. The summed E-state index contributed by atoms with van der Waals surface area (Å²) in [6.45, 7) is 3.95. The lowest BCUT2D eigenvalue weighted by Crippen LogP contribution is -2.06. The van der Waals surface area contributed by atoms with Gasteiger partial charge in [-0.3, -0.25) is 4.79 Å². The van der Waals surface area contributed by atoms with Gasteiger partial charge in [0.05, 0.1) is 6.10 Å². The Morgan fingerprint density at radius 3 is 1.75 bits per heavy atom. The van der Waals surface area contributed by atoms with Crippen LogP contribution in [0, 0.1) is 0 Å². The average Bonchev–Trinajstić information content (AvgIpc) is 2.83. The molecule has 1 aliphatic heterocycles. The van der Waals surface area contributed by atoms with Crippen LogP contribution in [-0.2, 0) is 6.42 Å². The summed E-state index contributed by atoms with van der Waals surface area (Å²) in [7, 11) is 0. The van der Waals surface area contributed by atoms with Crippen LogP contribution in [0.3, 0.4) is 0 Å². The predicted molar refractivity (Wildman–Crippen MR) is 132 cm³/mol. The molecule has 3 heteroatoms. The molecule has 0 saturated heterocycles. The minimum absolute atomic E-state index is 0.0340. The minimum atomic E-state index is 0.0340. The maximum atomic E-state index is 12.1. The smallest absolute Gasteiger partial charge is 0.193 e. The monoisotopic (exact) mass is 438 g/mol. The van der Waals surface area contributed by atoms with Gasteiger partial charge in [0.25, 0.3) is 0 Å². The van der Waals surface area contributed by atoms with Gasteiger partial charge in [-0.2, -0.15) is 0 Å². The molecular formula is C29H26O2S. The van der Waals surface area contributed by atoms with Gasteiger partial charge in [-0.1, -0.05) is 78.5 Å². The van der Waals surface area contributed by atoms with Crippen molar-refractivity contribution in [3.63, 3.8) is 0 Å². The van der Waals surface area contributed by atoms with Crippen LogP contribution < -0.4 is 4.74 Å². The summed E-state index contributed by atoms with van der Waals surface area (Å²) in [6, 6.07) is 33.8. The van der Waals surface area contributed by atoms with Crippen molar-refractivity contribution in [3.05, 3.63) is 125 Å². The molecule has 0 atom stereocenters. The van der Waals surface area contributed by atoms with E-state index < -0.39 is 0 Å². The second kappa shape index (κ2) is 10.3. The predicted octanol–water partition coefficient (Wildman–Crippen LogP) is 7.45. The van der Waals surface area contributed by atoms with Crippen LogP contribution in [0.5, 0.6) is 5.75 Å². The second-order valence-electron chi connectivity index (χ2n) is 7.88. The molecule has 0 fully saturated rings. The Hall–Kier alpha value is -3.30. The number of hydrogen-bond acceptors (Lipinski definition) is 3. The van der Waals surface area contributed by atoms with Gasteiger partial charge in [-0.25, -0.2) is 0 Å². The van der Waals surface area contributed by atoms with E-state index in [1.54, 1.807) is 12.1 Å². The van der Waals surface area contributed by atoms with Crippen LogP contribution in [0.25, 0.3) is 0 Å². The highest BCUT2D eigenvalue weighted by atomic mass is 32.2. The van der Waals surface area contributed by atoms with E-state index in [2.05, 4.69) is 48.5 Å². The molecule has 0 radical (unpaired) electrons. The second-order valence-corrected chi connectivity index (χ2v) is 8.96. The number of ketones is 1. The van der Waals surface area contributed by atoms with E-state index in [1.165, 1.54) is 20.9 Å². The molecule has 4 aromatic carbocycles. The highest BCUT2D eigenvalue weighted by molar-refractivity contribution is 7.99. The van der Waals surface area contributed by atoms with E-state index >= 15 is 0 Å². The zero-order valence-electron chi connectivity index (χ0n) is 18.3. The van der Waals surface area contributed by atoms with Crippen molar-refractivity contribution in [2.24, 2.45) is 0 Å². The van der Waals surface area contributed by atoms with Gasteiger partial charge in [0.2, 0.25) is 0 Å². The van der Waals surface area contributed by atoms with Gasteiger partial charge in [0, 0.05) is 20.9 Å². The first-order valence-electron chi connectivity index (χ1n) is 10.8. The number of carbonyl (C=O) groups excluding carboxylic acids is 1. The van der Waals surface area contributed by atoms with Crippen molar-refractivity contribution < 1.29 is 9.53 Å². The summed E-state index contributed by atoms with van der Waals surface area (Å²) in [5, 5.41) is 0. The summed E-state index contributed by atoms with van der Waals surface area (Å²) < 4.78 is 5.54. The molecule has 0 amide bonds. The Labute approximate surface area is 194 Å². The van der Waals surface area contributed by atoms with Crippen LogP contribution in [0.4, 0.5) is 0 Å². The normalized spacial score (nSPS) is 11.6. The van der Waals surface area contributed by atoms with Crippen molar-refractivity contribution >= 4 is 17.5 Å². The Bertz CT molecular complexity index is 1090. The molecule has 5 rings (SSSR count). The van der Waals surface area contributed by atoms with Gasteiger partial charge in [-0.05, 0) is 67.8 Å². The van der Waals surface area contributed by atoms with E-state index in [0.29, 0.717) is 11.1 Å². The molecule has 0 bridgehead atoms. The Balaban J connectivity index is 0.000000157. The third-order valence-electron chi connectivity index (χ3n) is 5.07. The number of fused-ring (bicyclic) bond motifs is 2. The standard InChI is InChI=1S/C16H16O2.C13H10S/c1-12(2)18-15-10-8-14(9-11-15)16(17)13-6-4-3-5-7-13;1-3-7-12-10(5-1)9-11-6-2-4-8-13(11)14-12/h3-12H,1-2H3;1-8H,9H2. The number of hydrogen-bond donors (Lipinski definition) is 0. The highest BCUT2D eigenvalue weighted by Crippen LogP contribution is 2.38. The molecule has 0 aliphatic carbocycles. The zero-order chi connectivity index (χ0) is 22.3. The Morgan fingerprint density at radius 2 is 1.19 bits per heavy atom. The van der Waals surface area contributed by atoms with Gasteiger partial charge in [0.1, 0.15) is 5.75 Å². The van der Waals surface area contributed by atoms with Crippen LogP contribution in [0.15, 0.2) is 113 Å². The first-order valence-corrected chi connectivity index (χ1v) is 11.6. The SMILES string of the molecule is CC(C)Oc1ccc(C(=O)c2ccccc2)cc1.c1ccc2c(c1)Cc1ccccc1S2. The first kappa shape index (κ1) is 21.9. The molecule has 4 aromatic rings. The molecule has 160 valence electrons. The topological polar surface area (TPSA) is 26.3 Å². The fourth-order valence-electron chi connectivity index (χ4n) is 3.54. The highest BCUT2D eigenvalue weighted by Gasteiger charge is 2.14. The van der Waals surface area contributed by atoms with Gasteiger partial charge < -0.3 is 4.74 Å². The minimum Gasteiger partial charge on any atom is -0.491 e. The van der Waals surface area contributed by atoms with E-state index in [4.69, 9.17) is 4.74 Å². The molecule has 0 aromatic heterocycles.